The molecule has 222 valence electrons. The van der Waals surface area contributed by atoms with E-state index in [9.17, 15) is 43.2 Å². The third-order valence-corrected chi connectivity index (χ3v) is 9.18. The first-order valence-corrected chi connectivity index (χ1v) is 13.7. The van der Waals surface area contributed by atoms with Crippen LogP contribution in [0, 0.1) is 17.2 Å². The zero-order chi connectivity index (χ0) is 30.2. The number of primary amides is 1. The molecule has 0 aromatic heterocycles. The third-order valence-electron chi connectivity index (χ3n) is 9.18. The highest BCUT2D eigenvalue weighted by Crippen LogP contribution is 2.54. The summed E-state index contributed by atoms with van der Waals surface area (Å²) >= 11 is 0. The molecule has 1 saturated carbocycles. The van der Waals surface area contributed by atoms with Crippen molar-refractivity contribution in [3.63, 3.8) is 0 Å². The molecule has 1 unspecified atom stereocenters. The number of nitrogens with one attached hydrogen (secondary N) is 2. The second-order valence-electron chi connectivity index (χ2n) is 11.1. The Bertz CT molecular complexity index is 1410. The molecule has 1 saturated heterocycles. The minimum atomic E-state index is -4.84. The third kappa shape index (κ3) is 4.08. The van der Waals surface area contributed by atoms with E-state index in [4.69, 9.17) is 11.1 Å². The summed E-state index contributed by atoms with van der Waals surface area (Å²) in [7, 11) is 0. The Morgan fingerprint density at radius 1 is 1.24 bits per heavy atom. The van der Waals surface area contributed by atoms with Crippen LogP contribution in [0.3, 0.4) is 0 Å². The van der Waals surface area contributed by atoms with Crippen LogP contribution in [0.2, 0.25) is 0 Å². The molecule has 1 aromatic carbocycles. The summed E-state index contributed by atoms with van der Waals surface area (Å²) in [6.07, 6.45) is -4.36. The number of rotatable bonds is 5. The van der Waals surface area contributed by atoms with Gasteiger partial charge >= 0.3 is 6.18 Å². The number of aliphatic hydroxyl groups is 3. The lowest BCUT2D eigenvalue weighted by atomic mass is 9.56. The number of alkyl halides is 3. The van der Waals surface area contributed by atoms with E-state index in [2.05, 4.69) is 5.32 Å². The van der Waals surface area contributed by atoms with E-state index in [0.717, 1.165) is 6.07 Å². The number of aromatic hydroxyl groups is 1. The number of hydrogen-bond acceptors (Lipinski definition) is 9. The van der Waals surface area contributed by atoms with Crippen LogP contribution in [0.4, 0.5) is 13.2 Å². The van der Waals surface area contributed by atoms with Gasteiger partial charge in [-0.1, -0.05) is 13.8 Å². The molecule has 0 spiro atoms. The standard InChI is InChI=1S/C28H33F3N4O6/c1-3-35(4-2)21-14-9-11-8-13-18(16(36)10-12(15-6-5-7-34-15)20(13)28(29,30)31)22(37)17(11)25(39)27(14,41)24(32)19(23(21)38)26(33)40/h10-11,14-15,21,32,34,36-38,41H,3-9H2,1-2H3,(H2,33,40)/t11-,14-,15?,21-,27+/m0/s1. The number of carbonyl (C=O) groups excluding carboxylic acids is 2. The van der Waals surface area contributed by atoms with Crippen molar-refractivity contribution >= 4 is 23.2 Å². The fourth-order valence-electron chi connectivity index (χ4n) is 7.40. The van der Waals surface area contributed by atoms with E-state index >= 15 is 0 Å². The first-order valence-electron chi connectivity index (χ1n) is 13.7. The van der Waals surface area contributed by atoms with E-state index in [1.165, 1.54) is 0 Å². The fraction of sp³-hybridized carbons (Fsp3) is 0.536. The van der Waals surface area contributed by atoms with Gasteiger partial charge in [-0.2, -0.15) is 13.2 Å². The zero-order valence-corrected chi connectivity index (χ0v) is 22.6. The van der Waals surface area contributed by atoms with Gasteiger partial charge in [0, 0.05) is 17.5 Å². The molecule has 1 heterocycles. The number of nitrogens with zero attached hydrogens (tertiary/aromatic N) is 1. The number of benzene rings is 1. The van der Waals surface area contributed by atoms with E-state index in [1.807, 2.05) is 0 Å². The largest absolute Gasteiger partial charge is 0.510 e. The van der Waals surface area contributed by atoms with Gasteiger partial charge in [0.2, 0.25) is 5.78 Å². The number of nitrogens with two attached hydrogens (primary N) is 1. The molecule has 3 aliphatic carbocycles. The average Bonchev–Trinajstić information content (AvgIpc) is 3.42. The van der Waals surface area contributed by atoms with Gasteiger partial charge in [-0.05, 0) is 68.4 Å². The van der Waals surface area contributed by atoms with Crippen molar-refractivity contribution in [2.24, 2.45) is 17.6 Å². The van der Waals surface area contributed by atoms with Crippen molar-refractivity contribution in [2.45, 2.75) is 63.4 Å². The summed E-state index contributed by atoms with van der Waals surface area (Å²) in [5.41, 5.74) is -1.39. The van der Waals surface area contributed by atoms with Crippen molar-refractivity contribution in [3.05, 3.63) is 45.2 Å². The number of Topliss-reactive ketones (excluding diaryl/α,β-unsaturated/α-hetero) is 1. The van der Waals surface area contributed by atoms with Crippen LogP contribution >= 0.6 is 0 Å². The molecule has 13 heteroatoms. The maximum absolute atomic E-state index is 14.6. The predicted octanol–water partition coefficient (Wildman–Crippen LogP) is 2.64. The lowest BCUT2D eigenvalue weighted by Crippen LogP contribution is -2.67. The SMILES string of the molecule is CCN(CC)[C@@H]1C(O)=C(C(N)=O)C(=N)[C@@]2(O)C(=O)C3=C(O)c4c(O)cc(C5CCCN5)c(C(F)(F)F)c4C[C@H]3C[C@@H]12. The molecule has 8 N–H and O–H groups in total. The van der Waals surface area contributed by atoms with E-state index in [0.29, 0.717) is 32.5 Å². The van der Waals surface area contributed by atoms with Gasteiger partial charge in [0.25, 0.3) is 5.91 Å². The minimum Gasteiger partial charge on any atom is -0.510 e. The van der Waals surface area contributed by atoms with Crippen LogP contribution in [-0.2, 0) is 22.2 Å². The molecular formula is C28H33F3N4O6. The highest BCUT2D eigenvalue weighted by Gasteiger charge is 2.63. The summed E-state index contributed by atoms with van der Waals surface area (Å²) in [4.78, 5) is 28.0. The number of fused-ring (bicyclic) bond motifs is 3. The van der Waals surface area contributed by atoms with Gasteiger partial charge in [-0.3, -0.25) is 14.5 Å². The Balaban J connectivity index is 1.74. The van der Waals surface area contributed by atoms with Gasteiger partial charge in [-0.25, -0.2) is 0 Å². The van der Waals surface area contributed by atoms with Crippen LogP contribution in [0.5, 0.6) is 5.75 Å². The number of hydrogen-bond donors (Lipinski definition) is 7. The predicted molar refractivity (Wildman–Crippen MR) is 141 cm³/mol. The topological polar surface area (TPSA) is 180 Å². The van der Waals surface area contributed by atoms with Gasteiger partial charge in [-0.15, -0.1) is 0 Å². The van der Waals surface area contributed by atoms with Crippen molar-refractivity contribution in [3.8, 4) is 5.75 Å². The quantitative estimate of drug-likeness (QED) is 0.278. The maximum atomic E-state index is 14.6. The van der Waals surface area contributed by atoms with E-state index in [-0.39, 0.29) is 24.0 Å². The lowest BCUT2D eigenvalue weighted by Gasteiger charge is -2.52. The maximum Gasteiger partial charge on any atom is 0.417 e. The monoisotopic (exact) mass is 578 g/mol. The molecule has 5 atom stereocenters. The molecule has 0 bridgehead atoms. The number of aliphatic hydroxyl groups excluding tert-OH is 2. The van der Waals surface area contributed by atoms with Crippen LogP contribution in [0.1, 0.15) is 61.4 Å². The summed E-state index contributed by atoms with van der Waals surface area (Å²) in [6, 6.07) is -0.851. The Morgan fingerprint density at radius 3 is 2.44 bits per heavy atom. The Kier molecular flexibility index (Phi) is 6.98. The van der Waals surface area contributed by atoms with Gasteiger partial charge < -0.3 is 36.9 Å². The van der Waals surface area contributed by atoms with Crippen LogP contribution in [-0.4, -0.2) is 74.0 Å². The minimum absolute atomic E-state index is 0.145. The smallest absolute Gasteiger partial charge is 0.417 e. The molecule has 5 rings (SSSR count). The van der Waals surface area contributed by atoms with Gasteiger partial charge in [0.1, 0.15) is 22.8 Å². The summed E-state index contributed by atoms with van der Waals surface area (Å²) in [6.45, 7) is 4.60. The molecule has 1 aromatic rings. The van der Waals surface area contributed by atoms with Crippen LogP contribution in [0.25, 0.3) is 5.76 Å². The van der Waals surface area contributed by atoms with E-state index < -0.39 is 92.6 Å². The number of likely N-dealkylation sites (N-methyl/N-ethyl adjacent to an activating group) is 1. The van der Waals surface area contributed by atoms with Gasteiger partial charge in [0.15, 0.2) is 5.60 Å². The first-order chi connectivity index (χ1) is 19.2. The van der Waals surface area contributed by atoms with Crippen molar-refractivity contribution < 1.29 is 43.2 Å². The molecule has 41 heavy (non-hydrogen) atoms. The highest BCUT2D eigenvalue weighted by molar-refractivity contribution is 6.33. The fourth-order valence-corrected chi connectivity index (χ4v) is 7.40. The van der Waals surface area contributed by atoms with Gasteiger partial charge in [0.05, 0.1) is 22.9 Å². The molecule has 4 aliphatic rings. The molecule has 0 radical (unpaired) electrons. The van der Waals surface area contributed by atoms with Crippen molar-refractivity contribution in [2.75, 3.05) is 19.6 Å². The highest BCUT2D eigenvalue weighted by atomic mass is 19.4. The molecule has 10 nitrogen and oxygen atoms in total. The Hall–Kier alpha value is -3.42. The number of halogens is 3. The van der Waals surface area contributed by atoms with Crippen LogP contribution < -0.4 is 11.1 Å². The molecule has 1 aliphatic heterocycles. The number of phenolic OH excluding ortho intramolecular Hbond substituents is 1. The number of ketones is 1. The summed E-state index contributed by atoms with van der Waals surface area (Å²) < 4.78 is 43.9. The Labute approximate surface area is 233 Å². The lowest BCUT2D eigenvalue weighted by molar-refractivity contribution is -0.140. The summed E-state index contributed by atoms with van der Waals surface area (Å²) in [5, 5.41) is 56.8. The molecular weight excluding hydrogens is 545 g/mol. The second-order valence-corrected chi connectivity index (χ2v) is 11.1. The van der Waals surface area contributed by atoms with E-state index in [1.54, 1.807) is 18.7 Å². The van der Waals surface area contributed by atoms with Crippen molar-refractivity contribution in [1.29, 1.82) is 5.41 Å². The number of phenols is 1. The number of carbonyl (C=O) groups is 2. The molecule has 2 fully saturated rings. The summed E-state index contributed by atoms with van der Waals surface area (Å²) in [5.74, 6) is -6.84. The Morgan fingerprint density at radius 2 is 1.90 bits per heavy atom. The average molecular weight is 579 g/mol. The van der Waals surface area contributed by atoms with Crippen LogP contribution in [0.15, 0.2) is 23.0 Å². The zero-order valence-electron chi connectivity index (χ0n) is 22.6. The first kappa shape index (κ1) is 29.1. The second kappa shape index (κ2) is 9.85. The number of amides is 1. The normalized spacial score (nSPS) is 30.0. The van der Waals surface area contributed by atoms with Crippen molar-refractivity contribution in [1.82, 2.24) is 10.2 Å². The molecule has 1 amide bonds.